The molecule has 0 spiro atoms. The molecule has 0 radical (unpaired) electrons. The van der Waals surface area contributed by atoms with Crippen LogP contribution >= 0.6 is 0 Å². The molecule has 12 heavy (non-hydrogen) atoms. The van der Waals surface area contributed by atoms with E-state index in [0.29, 0.717) is 0 Å². The van der Waals surface area contributed by atoms with Gasteiger partial charge in [0.2, 0.25) is 0 Å². The van der Waals surface area contributed by atoms with E-state index in [1.54, 1.807) is 7.11 Å². The average Bonchev–Trinajstić information content (AvgIpc) is 1.85. The van der Waals surface area contributed by atoms with Crippen molar-refractivity contribution in [3.05, 3.63) is 12.2 Å². The van der Waals surface area contributed by atoms with Gasteiger partial charge in [-0.25, -0.2) is 0 Å². The molecule has 1 heteroatoms. The molecule has 0 saturated heterocycles. The molecule has 0 aromatic carbocycles. The molecule has 0 aromatic rings. The minimum Gasteiger partial charge on any atom is -0.379 e. The Labute approximate surface area is 76.8 Å². The van der Waals surface area contributed by atoms with Crippen molar-refractivity contribution in [2.24, 2.45) is 5.41 Å². The number of hydrogen-bond donors (Lipinski definition) is 0. The van der Waals surface area contributed by atoms with E-state index < -0.39 is 0 Å². The molecule has 0 atom stereocenters. The van der Waals surface area contributed by atoms with Crippen LogP contribution in [0.5, 0.6) is 0 Å². The molecule has 1 nitrogen and oxygen atoms in total. The Morgan fingerprint density at radius 1 is 1.17 bits per heavy atom. The second-order valence-corrected chi connectivity index (χ2v) is 4.63. The smallest absolute Gasteiger partial charge is 0.0630 e. The van der Waals surface area contributed by atoms with Crippen LogP contribution in [0.4, 0.5) is 0 Å². The maximum Gasteiger partial charge on any atom is 0.0630 e. The van der Waals surface area contributed by atoms with Crippen molar-refractivity contribution < 1.29 is 4.74 Å². The number of ether oxygens (including phenoxy) is 1. The quantitative estimate of drug-likeness (QED) is 0.587. The first-order chi connectivity index (χ1) is 5.33. The van der Waals surface area contributed by atoms with E-state index in [-0.39, 0.29) is 11.0 Å². The van der Waals surface area contributed by atoms with Gasteiger partial charge in [-0.3, -0.25) is 0 Å². The van der Waals surface area contributed by atoms with Crippen molar-refractivity contribution in [3.8, 4) is 0 Å². The number of methoxy groups -OCH3 is 1. The van der Waals surface area contributed by atoms with Crippen molar-refractivity contribution in [2.75, 3.05) is 7.11 Å². The molecule has 0 fully saturated rings. The van der Waals surface area contributed by atoms with Gasteiger partial charge in [0.1, 0.15) is 0 Å². The molecular weight excluding hydrogens is 148 g/mol. The van der Waals surface area contributed by atoms with E-state index in [1.807, 2.05) is 0 Å². The van der Waals surface area contributed by atoms with E-state index in [2.05, 4.69) is 46.8 Å². The average molecular weight is 170 g/mol. The lowest BCUT2D eigenvalue weighted by Gasteiger charge is -2.31. The third-order valence-electron chi connectivity index (χ3n) is 2.05. The van der Waals surface area contributed by atoms with E-state index in [9.17, 15) is 0 Å². The molecule has 0 aliphatic rings. The monoisotopic (exact) mass is 170 g/mol. The van der Waals surface area contributed by atoms with Gasteiger partial charge in [0, 0.05) is 7.11 Å². The summed E-state index contributed by atoms with van der Waals surface area (Å²) in [7, 11) is 1.77. The van der Waals surface area contributed by atoms with Crippen LogP contribution < -0.4 is 0 Å². The van der Waals surface area contributed by atoms with E-state index in [0.717, 1.165) is 6.42 Å². The molecule has 0 bridgehead atoms. The van der Waals surface area contributed by atoms with Crippen LogP contribution in [-0.4, -0.2) is 12.7 Å². The van der Waals surface area contributed by atoms with Crippen LogP contribution in [0.2, 0.25) is 0 Å². The summed E-state index contributed by atoms with van der Waals surface area (Å²) in [5, 5.41) is 0. The van der Waals surface area contributed by atoms with Crippen molar-refractivity contribution in [2.45, 2.75) is 46.6 Å². The molecule has 0 N–H and O–H groups in total. The Kier molecular flexibility index (Phi) is 3.98. The minimum atomic E-state index is -0.0248. The first-order valence-corrected chi connectivity index (χ1v) is 4.52. The highest BCUT2D eigenvalue weighted by Gasteiger charge is 2.26. The molecule has 0 saturated carbocycles. The predicted molar refractivity (Wildman–Crippen MR) is 54.3 cm³/mol. The highest BCUT2D eigenvalue weighted by molar-refractivity contribution is 4.96. The second kappa shape index (κ2) is 4.08. The molecule has 0 aromatic heterocycles. The largest absolute Gasteiger partial charge is 0.379 e. The van der Waals surface area contributed by atoms with E-state index >= 15 is 0 Å². The topological polar surface area (TPSA) is 9.23 Å². The normalized spacial score (nSPS) is 14.2. The summed E-state index contributed by atoms with van der Waals surface area (Å²) in [5.41, 5.74) is 0.206. The SMILES string of the molecule is CC=CC(C)(C)CC(C)(C)OC. The fourth-order valence-electron chi connectivity index (χ4n) is 1.68. The van der Waals surface area contributed by atoms with Gasteiger partial charge in [0.05, 0.1) is 5.60 Å². The van der Waals surface area contributed by atoms with Gasteiger partial charge < -0.3 is 4.74 Å². The van der Waals surface area contributed by atoms with E-state index in [1.165, 1.54) is 0 Å². The summed E-state index contributed by atoms with van der Waals surface area (Å²) >= 11 is 0. The van der Waals surface area contributed by atoms with Crippen molar-refractivity contribution in [3.63, 3.8) is 0 Å². The molecule has 0 heterocycles. The van der Waals surface area contributed by atoms with Crippen LogP contribution in [0, 0.1) is 5.41 Å². The van der Waals surface area contributed by atoms with Gasteiger partial charge >= 0.3 is 0 Å². The fraction of sp³-hybridized carbons (Fsp3) is 0.818. The zero-order valence-electron chi connectivity index (χ0n) is 9.27. The first kappa shape index (κ1) is 11.7. The molecule has 0 unspecified atom stereocenters. The highest BCUT2D eigenvalue weighted by atomic mass is 16.5. The second-order valence-electron chi connectivity index (χ2n) is 4.63. The van der Waals surface area contributed by atoms with Crippen molar-refractivity contribution in [1.29, 1.82) is 0 Å². The van der Waals surface area contributed by atoms with Gasteiger partial charge in [-0.1, -0.05) is 26.0 Å². The first-order valence-electron chi connectivity index (χ1n) is 4.52. The number of hydrogen-bond acceptors (Lipinski definition) is 1. The lowest BCUT2D eigenvalue weighted by Crippen LogP contribution is -2.29. The Morgan fingerprint density at radius 2 is 1.67 bits per heavy atom. The van der Waals surface area contributed by atoms with Gasteiger partial charge in [0.25, 0.3) is 0 Å². The summed E-state index contributed by atoms with van der Waals surface area (Å²) in [5.74, 6) is 0. The van der Waals surface area contributed by atoms with Crippen LogP contribution in [0.3, 0.4) is 0 Å². The Hall–Kier alpha value is -0.300. The lowest BCUT2D eigenvalue weighted by molar-refractivity contribution is -0.00451. The third-order valence-corrected chi connectivity index (χ3v) is 2.05. The number of rotatable bonds is 4. The number of allylic oxidation sites excluding steroid dienone is 2. The standard InChI is InChI=1S/C11H22O/c1-7-8-10(2,3)9-11(4,5)12-6/h7-8H,9H2,1-6H3. The summed E-state index contributed by atoms with van der Waals surface area (Å²) in [6.07, 6.45) is 5.38. The van der Waals surface area contributed by atoms with E-state index in [4.69, 9.17) is 4.74 Å². The summed E-state index contributed by atoms with van der Waals surface area (Å²) in [6, 6.07) is 0. The molecule has 0 aliphatic carbocycles. The Bertz CT molecular complexity index is 154. The van der Waals surface area contributed by atoms with Crippen molar-refractivity contribution >= 4 is 0 Å². The lowest BCUT2D eigenvalue weighted by atomic mass is 9.81. The van der Waals surface area contributed by atoms with Crippen molar-refractivity contribution in [1.82, 2.24) is 0 Å². The maximum atomic E-state index is 5.39. The van der Waals surface area contributed by atoms with Gasteiger partial charge in [-0.05, 0) is 32.6 Å². The third kappa shape index (κ3) is 4.55. The van der Waals surface area contributed by atoms with Crippen LogP contribution in [0.25, 0.3) is 0 Å². The molecule has 0 rings (SSSR count). The highest BCUT2D eigenvalue weighted by Crippen LogP contribution is 2.30. The zero-order chi connectivity index (χ0) is 9.83. The Balaban J connectivity index is 4.23. The fourth-order valence-corrected chi connectivity index (χ4v) is 1.68. The summed E-state index contributed by atoms with van der Waals surface area (Å²) < 4.78 is 5.39. The van der Waals surface area contributed by atoms with Gasteiger partial charge in [-0.2, -0.15) is 0 Å². The molecule has 0 amide bonds. The van der Waals surface area contributed by atoms with Crippen LogP contribution in [-0.2, 0) is 4.74 Å². The molecule has 72 valence electrons. The summed E-state index contributed by atoms with van der Waals surface area (Å²) in [4.78, 5) is 0. The van der Waals surface area contributed by atoms with Crippen LogP contribution in [0.1, 0.15) is 41.0 Å². The van der Waals surface area contributed by atoms with Crippen LogP contribution in [0.15, 0.2) is 12.2 Å². The maximum absolute atomic E-state index is 5.39. The zero-order valence-corrected chi connectivity index (χ0v) is 9.27. The minimum absolute atomic E-state index is 0.0248. The predicted octanol–water partition coefficient (Wildman–Crippen LogP) is 3.40. The van der Waals surface area contributed by atoms with Gasteiger partial charge in [0.15, 0.2) is 0 Å². The molecular formula is C11H22O. The van der Waals surface area contributed by atoms with Gasteiger partial charge in [-0.15, -0.1) is 0 Å². The Morgan fingerprint density at radius 3 is 2.00 bits per heavy atom. The summed E-state index contributed by atoms with van der Waals surface area (Å²) in [6.45, 7) is 10.8. The molecule has 0 aliphatic heterocycles.